The predicted molar refractivity (Wildman–Crippen MR) is 121 cm³/mol. The van der Waals surface area contributed by atoms with E-state index in [2.05, 4.69) is 20.4 Å². The van der Waals surface area contributed by atoms with Crippen LogP contribution in [0.25, 0.3) is 11.4 Å². The van der Waals surface area contributed by atoms with Crippen molar-refractivity contribution in [2.24, 2.45) is 5.92 Å². The number of aromatic nitrogens is 2. The van der Waals surface area contributed by atoms with Crippen molar-refractivity contribution in [2.75, 3.05) is 31.8 Å². The highest BCUT2D eigenvalue weighted by molar-refractivity contribution is 7.98. The fourth-order valence-electron chi connectivity index (χ4n) is 3.73. The summed E-state index contributed by atoms with van der Waals surface area (Å²) >= 11 is 1.66. The fourth-order valence-corrected chi connectivity index (χ4v) is 4.19. The first-order chi connectivity index (χ1) is 15.1. The highest BCUT2D eigenvalue weighted by Crippen LogP contribution is 2.24. The van der Waals surface area contributed by atoms with Gasteiger partial charge in [0.05, 0.1) is 19.6 Å². The molecular formula is C23H26N4O3S. The Bertz CT molecular complexity index is 1020. The molecule has 3 aromatic rings. The molecular weight excluding hydrogens is 412 g/mol. The van der Waals surface area contributed by atoms with E-state index in [1.165, 1.54) is 0 Å². The first kappa shape index (κ1) is 21.4. The van der Waals surface area contributed by atoms with Crippen molar-refractivity contribution in [2.45, 2.75) is 24.3 Å². The Morgan fingerprint density at radius 2 is 2.13 bits per heavy atom. The van der Waals surface area contributed by atoms with Crippen LogP contribution in [0.5, 0.6) is 5.75 Å². The average Bonchev–Trinajstić information content (AvgIpc) is 3.28. The quantitative estimate of drug-likeness (QED) is 0.550. The minimum absolute atomic E-state index is 0.0596. The number of anilines is 1. The molecule has 0 aliphatic carbocycles. The summed E-state index contributed by atoms with van der Waals surface area (Å²) in [5.41, 5.74) is 1.72. The zero-order chi connectivity index (χ0) is 21.6. The maximum Gasteiger partial charge on any atom is 0.241 e. The summed E-state index contributed by atoms with van der Waals surface area (Å²) < 4.78 is 10.6. The van der Waals surface area contributed by atoms with E-state index in [0.717, 1.165) is 41.3 Å². The van der Waals surface area contributed by atoms with Crippen LogP contribution in [0.15, 0.2) is 57.9 Å². The first-order valence-corrected chi connectivity index (χ1v) is 11.5. The van der Waals surface area contributed by atoms with Gasteiger partial charge < -0.3 is 14.6 Å². The van der Waals surface area contributed by atoms with Crippen LogP contribution in [0.1, 0.15) is 18.7 Å². The van der Waals surface area contributed by atoms with Gasteiger partial charge in [-0.25, -0.2) is 0 Å². The summed E-state index contributed by atoms with van der Waals surface area (Å²) in [7, 11) is 1.63. The lowest BCUT2D eigenvalue weighted by atomic mass is 9.97. The lowest BCUT2D eigenvalue weighted by Crippen LogP contribution is -2.40. The molecule has 2 aromatic carbocycles. The van der Waals surface area contributed by atoms with Crippen molar-refractivity contribution in [1.82, 2.24) is 15.0 Å². The van der Waals surface area contributed by atoms with Crippen molar-refractivity contribution in [1.29, 1.82) is 0 Å². The molecule has 0 saturated carbocycles. The largest absolute Gasteiger partial charge is 0.497 e. The van der Waals surface area contributed by atoms with Crippen molar-refractivity contribution in [3.8, 4) is 17.1 Å². The number of ether oxygens (including phenoxy) is 1. The summed E-state index contributed by atoms with van der Waals surface area (Å²) in [4.78, 5) is 20.7. The Hall–Kier alpha value is -2.84. The van der Waals surface area contributed by atoms with E-state index in [1.54, 1.807) is 18.9 Å². The number of amides is 1. The van der Waals surface area contributed by atoms with Crippen molar-refractivity contribution in [3.05, 3.63) is 54.4 Å². The molecule has 1 unspecified atom stereocenters. The molecule has 1 aliphatic rings. The minimum Gasteiger partial charge on any atom is -0.497 e. The van der Waals surface area contributed by atoms with Crippen molar-refractivity contribution >= 4 is 23.4 Å². The zero-order valence-electron chi connectivity index (χ0n) is 17.7. The third-order valence-electron chi connectivity index (χ3n) is 5.39. The van der Waals surface area contributed by atoms with Crippen LogP contribution in [-0.4, -0.2) is 47.4 Å². The third kappa shape index (κ3) is 5.45. The van der Waals surface area contributed by atoms with E-state index in [9.17, 15) is 4.79 Å². The number of benzene rings is 2. The Morgan fingerprint density at radius 1 is 1.29 bits per heavy atom. The van der Waals surface area contributed by atoms with Gasteiger partial charge in [0.25, 0.3) is 0 Å². The van der Waals surface area contributed by atoms with Crippen LogP contribution in [-0.2, 0) is 11.3 Å². The van der Waals surface area contributed by atoms with E-state index in [-0.39, 0.29) is 11.8 Å². The second-order valence-electron chi connectivity index (χ2n) is 7.54. The number of nitrogens with one attached hydrogen (secondary N) is 1. The first-order valence-electron chi connectivity index (χ1n) is 10.3. The molecule has 8 heteroatoms. The summed E-state index contributed by atoms with van der Waals surface area (Å²) in [6, 6.07) is 15.5. The average molecular weight is 439 g/mol. The number of likely N-dealkylation sites (tertiary alicyclic amines) is 1. The van der Waals surface area contributed by atoms with Gasteiger partial charge in [-0.3, -0.25) is 9.69 Å². The van der Waals surface area contributed by atoms with Gasteiger partial charge in [-0.15, -0.1) is 11.8 Å². The SMILES string of the molecule is COc1ccc(-c2noc(CN3CCCC(C(=O)Nc4cccc(SC)c4)C3)n2)cc1. The smallest absolute Gasteiger partial charge is 0.241 e. The van der Waals surface area contributed by atoms with Crippen LogP contribution < -0.4 is 10.1 Å². The van der Waals surface area contributed by atoms with Crippen LogP contribution >= 0.6 is 11.8 Å². The number of methoxy groups -OCH3 is 1. The number of carbonyl (C=O) groups is 1. The molecule has 1 amide bonds. The molecule has 1 aromatic heterocycles. The molecule has 1 aliphatic heterocycles. The number of carbonyl (C=O) groups excluding carboxylic acids is 1. The maximum absolute atomic E-state index is 12.8. The number of piperidine rings is 1. The van der Waals surface area contributed by atoms with Gasteiger partial charge in [0.1, 0.15) is 5.75 Å². The van der Waals surface area contributed by atoms with E-state index in [1.807, 2.05) is 54.8 Å². The molecule has 0 radical (unpaired) electrons. The highest BCUT2D eigenvalue weighted by atomic mass is 32.2. The zero-order valence-corrected chi connectivity index (χ0v) is 18.5. The molecule has 1 atom stereocenters. The number of hydrogen-bond donors (Lipinski definition) is 1. The molecule has 0 bridgehead atoms. The van der Waals surface area contributed by atoms with E-state index >= 15 is 0 Å². The van der Waals surface area contributed by atoms with Gasteiger partial charge in [0.2, 0.25) is 17.6 Å². The van der Waals surface area contributed by atoms with Crippen molar-refractivity contribution < 1.29 is 14.1 Å². The van der Waals surface area contributed by atoms with Gasteiger partial charge in [-0.2, -0.15) is 4.98 Å². The fraction of sp³-hybridized carbons (Fsp3) is 0.348. The molecule has 1 N–H and O–H groups in total. The normalized spacial score (nSPS) is 16.8. The summed E-state index contributed by atoms with van der Waals surface area (Å²) in [6.07, 6.45) is 3.87. The Kier molecular flexibility index (Phi) is 6.89. The molecule has 4 rings (SSSR count). The lowest BCUT2D eigenvalue weighted by Gasteiger charge is -2.30. The second kappa shape index (κ2) is 9.98. The van der Waals surface area contributed by atoms with Gasteiger partial charge in [-0.05, 0) is 68.1 Å². The Labute approximate surface area is 186 Å². The van der Waals surface area contributed by atoms with Crippen LogP contribution in [0, 0.1) is 5.92 Å². The number of nitrogens with zero attached hydrogens (tertiary/aromatic N) is 3. The van der Waals surface area contributed by atoms with Crippen LogP contribution in [0.4, 0.5) is 5.69 Å². The molecule has 31 heavy (non-hydrogen) atoms. The predicted octanol–water partition coefficient (Wildman–Crippen LogP) is 4.32. The summed E-state index contributed by atoms with van der Waals surface area (Å²) in [6.45, 7) is 2.12. The standard InChI is InChI=1S/C23H26N4O3S/c1-29-19-10-8-16(9-11-19)22-25-21(30-26-22)15-27-12-4-5-17(14-27)23(28)24-18-6-3-7-20(13-18)31-2/h3,6-11,13,17H,4-5,12,14-15H2,1-2H3,(H,24,28). The molecule has 7 nitrogen and oxygen atoms in total. The highest BCUT2D eigenvalue weighted by Gasteiger charge is 2.27. The maximum atomic E-state index is 12.8. The summed E-state index contributed by atoms with van der Waals surface area (Å²) in [5.74, 6) is 1.89. The topological polar surface area (TPSA) is 80.5 Å². The van der Waals surface area contributed by atoms with Gasteiger partial charge in [-0.1, -0.05) is 11.2 Å². The molecule has 0 spiro atoms. The number of thioether (sulfide) groups is 1. The third-order valence-corrected chi connectivity index (χ3v) is 6.11. The number of hydrogen-bond acceptors (Lipinski definition) is 7. The molecule has 162 valence electrons. The second-order valence-corrected chi connectivity index (χ2v) is 8.42. The van der Waals surface area contributed by atoms with Crippen LogP contribution in [0.2, 0.25) is 0 Å². The van der Waals surface area contributed by atoms with Gasteiger partial charge in [0.15, 0.2) is 0 Å². The van der Waals surface area contributed by atoms with E-state index in [0.29, 0.717) is 24.8 Å². The Balaban J connectivity index is 1.35. The van der Waals surface area contributed by atoms with Crippen molar-refractivity contribution in [3.63, 3.8) is 0 Å². The minimum atomic E-state index is -0.0596. The number of rotatable bonds is 7. The van der Waals surface area contributed by atoms with Crippen LogP contribution in [0.3, 0.4) is 0 Å². The van der Waals surface area contributed by atoms with E-state index < -0.39 is 0 Å². The van der Waals surface area contributed by atoms with Gasteiger partial charge >= 0.3 is 0 Å². The monoisotopic (exact) mass is 438 g/mol. The molecule has 2 heterocycles. The van der Waals surface area contributed by atoms with E-state index in [4.69, 9.17) is 9.26 Å². The molecule has 1 fully saturated rings. The lowest BCUT2D eigenvalue weighted by molar-refractivity contribution is -0.121. The molecule has 1 saturated heterocycles. The summed E-state index contributed by atoms with van der Waals surface area (Å²) in [5, 5.41) is 7.16. The van der Waals surface area contributed by atoms with Gasteiger partial charge in [0, 0.05) is 22.7 Å². The Morgan fingerprint density at radius 3 is 2.90 bits per heavy atom.